The van der Waals surface area contributed by atoms with Gasteiger partial charge in [-0.25, -0.2) is 0 Å². The van der Waals surface area contributed by atoms with Gasteiger partial charge in [0, 0.05) is 15.1 Å². The lowest BCUT2D eigenvalue weighted by Gasteiger charge is -1.98. The molecule has 0 aliphatic rings. The van der Waals surface area contributed by atoms with Gasteiger partial charge in [-0.2, -0.15) is 0 Å². The van der Waals surface area contributed by atoms with E-state index in [1.54, 1.807) is 36.4 Å². The van der Waals surface area contributed by atoms with E-state index >= 15 is 0 Å². The predicted molar refractivity (Wildman–Crippen MR) is 79.0 cm³/mol. The Labute approximate surface area is 119 Å². The summed E-state index contributed by atoms with van der Waals surface area (Å²) >= 11 is 9.21. The molecule has 0 saturated carbocycles. The highest BCUT2D eigenvalue weighted by atomic mass is 79.9. The van der Waals surface area contributed by atoms with E-state index in [4.69, 9.17) is 11.6 Å². The van der Waals surface area contributed by atoms with Crippen LogP contribution in [0.25, 0.3) is 6.08 Å². The molecule has 2 aromatic rings. The first kappa shape index (κ1) is 13.1. The minimum atomic E-state index is -0.0394. The van der Waals surface area contributed by atoms with Gasteiger partial charge in [-0.15, -0.1) is 0 Å². The van der Waals surface area contributed by atoms with Crippen LogP contribution < -0.4 is 0 Å². The van der Waals surface area contributed by atoms with E-state index in [9.17, 15) is 4.79 Å². The molecule has 0 heterocycles. The Balaban J connectivity index is 2.17. The SMILES string of the molecule is O=C(/C=C/c1ccccc1Br)c1ccc(Cl)cc1. The minimum absolute atomic E-state index is 0.0394. The maximum Gasteiger partial charge on any atom is 0.185 e. The molecule has 1 nitrogen and oxygen atoms in total. The Morgan fingerprint density at radius 1 is 1.06 bits per heavy atom. The second-order valence-corrected chi connectivity index (χ2v) is 5.02. The Bertz CT molecular complexity index is 588. The number of carbonyl (C=O) groups excluding carboxylic acids is 1. The van der Waals surface area contributed by atoms with E-state index in [2.05, 4.69) is 15.9 Å². The minimum Gasteiger partial charge on any atom is -0.289 e. The fourth-order valence-electron chi connectivity index (χ4n) is 1.49. The number of hydrogen-bond donors (Lipinski definition) is 0. The molecule has 0 aromatic heterocycles. The first-order valence-corrected chi connectivity index (χ1v) is 6.56. The second-order valence-electron chi connectivity index (χ2n) is 3.73. The normalized spacial score (nSPS) is 10.8. The number of ketones is 1. The highest BCUT2D eigenvalue weighted by Gasteiger charge is 2.01. The van der Waals surface area contributed by atoms with E-state index in [1.807, 2.05) is 24.3 Å². The van der Waals surface area contributed by atoms with Crippen LogP contribution in [0.4, 0.5) is 0 Å². The Kier molecular flexibility index (Phi) is 4.34. The van der Waals surface area contributed by atoms with E-state index in [0.29, 0.717) is 10.6 Å². The summed E-state index contributed by atoms with van der Waals surface area (Å²) in [5.41, 5.74) is 1.60. The fourth-order valence-corrected chi connectivity index (χ4v) is 2.03. The highest BCUT2D eigenvalue weighted by molar-refractivity contribution is 9.10. The Morgan fingerprint density at radius 3 is 2.39 bits per heavy atom. The van der Waals surface area contributed by atoms with Gasteiger partial charge >= 0.3 is 0 Å². The van der Waals surface area contributed by atoms with Crippen LogP contribution in [0.5, 0.6) is 0 Å². The zero-order valence-electron chi connectivity index (χ0n) is 9.44. The Hall–Kier alpha value is -1.38. The van der Waals surface area contributed by atoms with Crippen molar-refractivity contribution in [3.63, 3.8) is 0 Å². The smallest absolute Gasteiger partial charge is 0.185 e. The zero-order valence-corrected chi connectivity index (χ0v) is 11.8. The third-order valence-electron chi connectivity index (χ3n) is 2.45. The lowest BCUT2D eigenvalue weighted by atomic mass is 10.1. The van der Waals surface area contributed by atoms with Crippen molar-refractivity contribution in [3.05, 3.63) is 75.2 Å². The molecule has 0 fully saturated rings. The Morgan fingerprint density at radius 2 is 1.72 bits per heavy atom. The number of hydrogen-bond acceptors (Lipinski definition) is 1. The summed E-state index contributed by atoms with van der Waals surface area (Å²) in [6.45, 7) is 0. The molecular weight excluding hydrogens is 312 g/mol. The molecule has 18 heavy (non-hydrogen) atoms. The summed E-state index contributed by atoms with van der Waals surface area (Å²) in [5, 5.41) is 0.626. The summed E-state index contributed by atoms with van der Waals surface area (Å²) in [6.07, 6.45) is 3.35. The van der Waals surface area contributed by atoms with Gasteiger partial charge in [0.05, 0.1) is 0 Å². The van der Waals surface area contributed by atoms with E-state index in [1.165, 1.54) is 0 Å². The molecule has 3 heteroatoms. The molecule has 0 radical (unpaired) electrons. The van der Waals surface area contributed by atoms with Gasteiger partial charge in [0.15, 0.2) is 5.78 Å². The molecule has 2 aromatic carbocycles. The van der Waals surface area contributed by atoms with E-state index in [-0.39, 0.29) is 5.78 Å². The molecule has 0 aliphatic carbocycles. The van der Waals surface area contributed by atoms with Crippen LogP contribution in [-0.4, -0.2) is 5.78 Å². The van der Waals surface area contributed by atoms with Crippen molar-refractivity contribution in [1.82, 2.24) is 0 Å². The summed E-state index contributed by atoms with van der Waals surface area (Å²) < 4.78 is 0.963. The van der Waals surface area contributed by atoms with Crippen LogP contribution in [0, 0.1) is 0 Å². The first-order valence-electron chi connectivity index (χ1n) is 5.39. The molecule has 0 spiro atoms. The van der Waals surface area contributed by atoms with Crippen molar-refractivity contribution in [2.45, 2.75) is 0 Å². The van der Waals surface area contributed by atoms with Crippen LogP contribution in [0.15, 0.2) is 59.1 Å². The molecule has 0 unspecified atom stereocenters. The van der Waals surface area contributed by atoms with Gasteiger partial charge in [-0.05, 0) is 48.0 Å². The van der Waals surface area contributed by atoms with Crippen molar-refractivity contribution in [1.29, 1.82) is 0 Å². The van der Waals surface area contributed by atoms with Crippen molar-refractivity contribution < 1.29 is 4.79 Å². The molecular formula is C15H10BrClO. The van der Waals surface area contributed by atoms with Crippen LogP contribution >= 0.6 is 27.5 Å². The van der Waals surface area contributed by atoms with Gasteiger partial charge in [-0.3, -0.25) is 4.79 Å². The number of allylic oxidation sites excluding steroid dienone is 1. The largest absolute Gasteiger partial charge is 0.289 e. The number of carbonyl (C=O) groups is 1. The average Bonchev–Trinajstić information content (AvgIpc) is 2.38. The molecule has 0 N–H and O–H groups in total. The van der Waals surface area contributed by atoms with Gasteiger partial charge in [0.25, 0.3) is 0 Å². The quantitative estimate of drug-likeness (QED) is 0.574. The van der Waals surface area contributed by atoms with Gasteiger partial charge in [0.2, 0.25) is 0 Å². The van der Waals surface area contributed by atoms with E-state index in [0.717, 1.165) is 10.0 Å². The van der Waals surface area contributed by atoms with Gasteiger partial charge in [0.1, 0.15) is 0 Å². The monoisotopic (exact) mass is 320 g/mol. The summed E-state index contributed by atoms with van der Waals surface area (Å²) in [4.78, 5) is 11.9. The molecule has 0 saturated heterocycles. The summed E-state index contributed by atoms with van der Waals surface area (Å²) in [6, 6.07) is 14.6. The maximum absolute atomic E-state index is 11.9. The molecule has 0 amide bonds. The fraction of sp³-hybridized carbons (Fsp3) is 0. The number of halogens is 2. The molecule has 0 bridgehead atoms. The predicted octanol–water partition coefficient (Wildman–Crippen LogP) is 5.00. The summed E-state index contributed by atoms with van der Waals surface area (Å²) in [5.74, 6) is -0.0394. The lowest BCUT2D eigenvalue weighted by Crippen LogP contribution is -1.93. The van der Waals surface area contributed by atoms with Crippen molar-refractivity contribution in [2.24, 2.45) is 0 Å². The lowest BCUT2D eigenvalue weighted by molar-refractivity contribution is 0.104. The van der Waals surface area contributed by atoms with E-state index < -0.39 is 0 Å². The zero-order chi connectivity index (χ0) is 13.0. The molecule has 0 atom stereocenters. The third kappa shape index (κ3) is 3.31. The highest BCUT2D eigenvalue weighted by Crippen LogP contribution is 2.18. The summed E-state index contributed by atoms with van der Waals surface area (Å²) in [7, 11) is 0. The standard InChI is InChI=1S/C15H10BrClO/c16-14-4-2-1-3-11(14)7-10-15(18)12-5-8-13(17)9-6-12/h1-10H/b10-7+. The van der Waals surface area contributed by atoms with Crippen molar-refractivity contribution >= 4 is 39.4 Å². The molecule has 90 valence electrons. The molecule has 0 aliphatic heterocycles. The van der Waals surface area contributed by atoms with Crippen LogP contribution in [0.3, 0.4) is 0 Å². The second kappa shape index (κ2) is 5.98. The number of rotatable bonds is 3. The van der Waals surface area contributed by atoms with Crippen LogP contribution in [-0.2, 0) is 0 Å². The van der Waals surface area contributed by atoms with Crippen molar-refractivity contribution in [2.75, 3.05) is 0 Å². The van der Waals surface area contributed by atoms with Crippen LogP contribution in [0.1, 0.15) is 15.9 Å². The van der Waals surface area contributed by atoms with Crippen LogP contribution in [0.2, 0.25) is 5.02 Å². The maximum atomic E-state index is 11.9. The average molecular weight is 322 g/mol. The topological polar surface area (TPSA) is 17.1 Å². The third-order valence-corrected chi connectivity index (χ3v) is 3.42. The number of benzene rings is 2. The van der Waals surface area contributed by atoms with Crippen molar-refractivity contribution in [3.8, 4) is 0 Å². The first-order chi connectivity index (χ1) is 8.66. The molecule has 2 rings (SSSR count). The van der Waals surface area contributed by atoms with Gasteiger partial charge in [-0.1, -0.05) is 45.7 Å². The van der Waals surface area contributed by atoms with Gasteiger partial charge < -0.3 is 0 Å².